The van der Waals surface area contributed by atoms with Gasteiger partial charge in [0, 0.05) is 36.0 Å². The van der Waals surface area contributed by atoms with Crippen LogP contribution in [0.25, 0.3) is 0 Å². The molecule has 6 heteroatoms. The number of fused-ring (bicyclic) bond motifs is 2. The minimum absolute atomic E-state index is 0.0421. The van der Waals surface area contributed by atoms with Gasteiger partial charge in [-0.1, -0.05) is 0 Å². The largest absolute Gasteiger partial charge is 0.467 e. The average molecular weight is 251 g/mol. The Bertz CT molecular complexity index is 437. The zero-order chi connectivity index (χ0) is 11.8. The van der Waals surface area contributed by atoms with Crippen molar-refractivity contribution in [3.8, 4) is 6.01 Å². The molecule has 1 aromatic heterocycles. The lowest BCUT2D eigenvalue weighted by Crippen LogP contribution is -2.39. The van der Waals surface area contributed by atoms with Gasteiger partial charge in [0.1, 0.15) is 0 Å². The van der Waals surface area contributed by atoms with Crippen molar-refractivity contribution in [1.82, 2.24) is 14.9 Å². The van der Waals surface area contributed by atoms with Gasteiger partial charge in [0.2, 0.25) is 0 Å². The number of ether oxygens (including phenoxy) is 1. The fraction of sp³-hybridized carbons (Fsp3) is 0.545. The van der Waals surface area contributed by atoms with Gasteiger partial charge in [-0.2, -0.15) is 11.8 Å². The van der Waals surface area contributed by atoms with Crippen molar-refractivity contribution in [3.63, 3.8) is 0 Å². The van der Waals surface area contributed by atoms with E-state index >= 15 is 0 Å². The van der Waals surface area contributed by atoms with E-state index in [0.29, 0.717) is 22.9 Å². The van der Waals surface area contributed by atoms with Crippen LogP contribution in [0.15, 0.2) is 12.4 Å². The highest BCUT2D eigenvalue weighted by Crippen LogP contribution is 2.37. The predicted octanol–water partition coefficient (Wildman–Crippen LogP) is 0.815. The summed E-state index contributed by atoms with van der Waals surface area (Å²) in [6.45, 7) is 0.861. The molecule has 3 rings (SSSR count). The van der Waals surface area contributed by atoms with Gasteiger partial charge in [0.05, 0.1) is 12.7 Å². The Kier molecular flexibility index (Phi) is 2.66. The van der Waals surface area contributed by atoms with Crippen LogP contribution in [0.3, 0.4) is 0 Å². The first-order chi connectivity index (χ1) is 8.28. The lowest BCUT2D eigenvalue weighted by atomic mass is 10.2. The summed E-state index contributed by atoms with van der Waals surface area (Å²) in [4.78, 5) is 22.1. The molecule has 17 heavy (non-hydrogen) atoms. The highest BCUT2D eigenvalue weighted by molar-refractivity contribution is 8.00. The number of amides is 1. The molecular weight excluding hydrogens is 238 g/mol. The number of carbonyl (C=O) groups excluding carboxylic acids is 1. The number of carbonyl (C=O) groups is 1. The van der Waals surface area contributed by atoms with E-state index in [4.69, 9.17) is 4.74 Å². The van der Waals surface area contributed by atoms with Crippen LogP contribution in [0, 0.1) is 0 Å². The summed E-state index contributed by atoms with van der Waals surface area (Å²) in [7, 11) is 1.51. The summed E-state index contributed by atoms with van der Waals surface area (Å²) in [6.07, 6.45) is 4.20. The smallest absolute Gasteiger partial charge is 0.316 e. The number of rotatable bonds is 2. The molecule has 2 bridgehead atoms. The van der Waals surface area contributed by atoms with Gasteiger partial charge in [-0.15, -0.1) is 0 Å². The van der Waals surface area contributed by atoms with Crippen LogP contribution in [0.2, 0.25) is 0 Å². The zero-order valence-electron chi connectivity index (χ0n) is 9.50. The first-order valence-corrected chi connectivity index (χ1v) is 6.61. The Morgan fingerprint density at radius 2 is 2.29 bits per heavy atom. The Labute approximate surface area is 104 Å². The van der Waals surface area contributed by atoms with Gasteiger partial charge >= 0.3 is 6.01 Å². The second-order valence-corrected chi connectivity index (χ2v) is 5.59. The van der Waals surface area contributed by atoms with Gasteiger partial charge in [0.25, 0.3) is 5.91 Å². The number of thioether (sulfide) groups is 1. The number of hydrogen-bond donors (Lipinski definition) is 0. The van der Waals surface area contributed by atoms with Gasteiger partial charge < -0.3 is 9.64 Å². The molecule has 1 aromatic rings. The van der Waals surface area contributed by atoms with Crippen molar-refractivity contribution < 1.29 is 9.53 Å². The maximum absolute atomic E-state index is 12.2. The molecule has 0 aliphatic carbocycles. The molecule has 0 N–H and O–H groups in total. The molecule has 0 spiro atoms. The molecule has 2 aliphatic heterocycles. The SMILES string of the molecule is COc1ncc(C(=O)N2C[C@H]3C[C@H]2CS3)cn1. The summed E-state index contributed by atoms with van der Waals surface area (Å²) in [5.74, 6) is 1.11. The van der Waals surface area contributed by atoms with E-state index in [9.17, 15) is 4.79 Å². The number of methoxy groups -OCH3 is 1. The Morgan fingerprint density at radius 1 is 1.53 bits per heavy atom. The summed E-state index contributed by atoms with van der Waals surface area (Å²) in [5, 5.41) is 0.628. The number of hydrogen-bond acceptors (Lipinski definition) is 5. The third kappa shape index (κ3) is 1.86. The molecule has 5 nitrogen and oxygen atoms in total. The molecule has 2 aliphatic rings. The first-order valence-electron chi connectivity index (χ1n) is 5.56. The maximum atomic E-state index is 12.2. The summed E-state index contributed by atoms with van der Waals surface area (Å²) < 4.78 is 4.87. The molecule has 0 aromatic carbocycles. The zero-order valence-corrected chi connectivity index (χ0v) is 10.3. The van der Waals surface area contributed by atoms with Crippen molar-refractivity contribution in [2.24, 2.45) is 0 Å². The molecule has 2 fully saturated rings. The fourth-order valence-electron chi connectivity index (χ4n) is 2.35. The van der Waals surface area contributed by atoms with Crippen molar-refractivity contribution in [2.45, 2.75) is 17.7 Å². The highest BCUT2D eigenvalue weighted by Gasteiger charge is 2.41. The quantitative estimate of drug-likeness (QED) is 0.778. The topological polar surface area (TPSA) is 55.3 Å². The molecule has 0 saturated carbocycles. The first kappa shape index (κ1) is 10.8. The van der Waals surface area contributed by atoms with Gasteiger partial charge in [-0.3, -0.25) is 4.79 Å². The minimum Gasteiger partial charge on any atom is -0.467 e. The van der Waals surface area contributed by atoms with E-state index in [-0.39, 0.29) is 5.91 Å². The molecule has 0 radical (unpaired) electrons. The Morgan fingerprint density at radius 3 is 2.82 bits per heavy atom. The highest BCUT2D eigenvalue weighted by atomic mass is 32.2. The Hall–Kier alpha value is -1.30. The minimum atomic E-state index is 0.0421. The standard InChI is InChI=1S/C11H13N3O2S/c1-16-11-12-3-7(4-13-11)10(15)14-5-9-2-8(14)6-17-9/h3-4,8-9H,2,5-6H2,1H3/t8-,9+/m0/s1. The van der Waals surface area contributed by atoms with Crippen LogP contribution in [-0.4, -0.2) is 51.5 Å². The van der Waals surface area contributed by atoms with Crippen LogP contribution in [0.5, 0.6) is 6.01 Å². The van der Waals surface area contributed by atoms with Crippen molar-refractivity contribution in [3.05, 3.63) is 18.0 Å². The normalized spacial score (nSPS) is 26.3. The summed E-state index contributed by atoms with van der Waals surface area (Å²) in [6, 6.07) is 0.694. The molecular formula is C11H13N3O2S. The molecule has 2 saturated heterocycles. The number of nitrogens with zero attached hydrogens (tertiary/aromatic N) is 3. The van der Waals surface area contributed by atoms with E-state index in [1.807, 2.05) is 16.7 Å². The fourth-order valence-corrected chi connectivity index (χ4v) is 3.78. The lowest BCUT2D eigenvalue weighted by molar-refractivity contribution is 0.0746. The van der Waals surface area contributed by atoms with Gasteiger partial charge in [0.15, 0.2) is 0 Å². The van der Waals surface area contributed by atoms with E-state index in [0.717, 1.165) is 18.7 Å². The third-order valence-corrected chi connectivity index (χ3v) is 4.61. The molecule has 2 atom stereocenters. The van der Waals surface area contributed by atoms with Crippen LogP contribution in [-0.2, 0) is 0 Å². The van der Waals surface area contributed by atoms with E-state index in [1.54, 1.807) is 0 Å². The van der Waals surface area contributed by atoms with Crippen LogP contribution >= 0.6 is 11.8 Å². The average Bonchev–Trinajstić information content (AvgIpc) is 3.00. The molecule has 3 heterocycles. The second-order valence-electron chi connectivity index (χ2n) is 4.26. The van der Waals surface area contributed by atoms with Gasteiger partial charge in [-0.05, 0) is 6.42 Å². The van der Waals surface area contributed by atoms with E-state index in [1.165, 1.54) is 19.5 Å². The van der Waals surface area contributed by atoms with Crippen LogP contribution in [0.1, 0.15) is 16.8 Å². The molecule has 90 valence electrons. The molecule has 1 amide bonds. The van der Waals surface area contributed by atoms with E-state index < -0.39 is 0 Å². The Balaban J connectivity index is 1.77. The number of aromatic nitrogens is 2. The predicted molar refractivity (Wildman–Crippen MR) is 64.3 cm³/mol. The van der Waals surface area contributed by atoms with Crippen molar-refractivity contribution in [2.75, 3.05) is 19.4 Å². The third-order valence-electron chi connectivity index (χ3n) is 3.22. The summed E-state index contributed by atoms with van der Waals surface area (Å²) >= 11 is 1.97. The van der Waals surface area contributed by atoms with Crippen molar-refractivity contribution in [1.29, 1.82) is 0 Å². The number of likely N-dealkylation sites (tertiary alicyclic amines) is 1. The lowest BCUT2D eigenvalue weighted by Gasteiger charge is -2.26. The summed E-state index contributed by atoms with van der Waals surface area (Å²) in [5.41, 5.74) is 0.545. The van der Waals surface area contributed by atoms with Gasteiger partial charge in [-0.25, -0.2) is 9.97 Å². The molecule has 0 unspecified atom stereocenters. The monoisotopic (exact) mass is 251 g/mol. The van der Waals surface area contributed by atoms with E-state index in [2.05, 4.69) is 9.97 Å². The maximum Gasteiger partial charge on any atom is 0.316 e. The second kappa shape index (κ2) is 4.18. The van der Waals surface area contributed by atoms with Crippen LogP contribution in [0.4, 0.5) is 0 Å². The van der Waals surface area contributed by atoms with Crippen LogP contribution < -0.4 is 4.74 Å². The van der Waals surface area contributed by atoms with Crippen molar-refractivity contribution >= 4 is 17.7 Å².